The van der Waals surface area contributed by atoms with Crippen LogP contribution in [0.5, 0.6) is 0 Å². The maximum atomic E-state index is 12.4. The number of nitrogens with zero attached hydrogens (tertiary/aromatic N) is 2. The number of carbonyl (C=O) groups is 1. The molecule has 0 aliphatic carbocycles. The highest BCUT2D eigenvalue weighted by molar-refractivity contribution is 5.84. The topological polar surface area (TPSA) is 59.0 Å². The Bertz CT molecular complexity index is 635. The van der Waals surface area contributed by atoms with Gasteiger partial charge in [0.05, 0.1) is 12.1 Å². The van der Waals surface area contributed by atoms with Crippen molar-refractivity contribution >= 4 is 5.91 Å². The molecule has 3 rings (SSSR count). The lowest BCUT2D eigenvalue weighted by molar-refractivity contribution is -0.122. The number of hydrogen-bond donors (Lipinski definition) is 2. The lowest BCUT2D eigenvalue weighted by Crippen LogP contribution is -2.39. The molecule has 0 radical (unpaired) electrons. The first-order chi connectivity index (χ1) is 10.2. The van der Waals surface area contributed by atoms with Crippen LogP contribution >= 0.6 is 0 Å². The van der Waals surface area contributed by atoms with E-state index in [0.717, 1.165) is 24.1 Å². The van der Waals surface area contributed by atoms with Crippen LogP contribution in [0.15, 0.2) is 36.7 Å². The zero-order valence-corrected chi connectivity index (χ0v) is 12.2. The van der Waals surface area contributed by atoms with E-state index in [-0.39, 0.29) is 11.8 Å². The average molecular weight is 284 g/mol. The molecule has 0 saturated carbocycles. The van der Waals surface area contributed by atoms with E-state index in [4.69, 9.17) is 0 Å². The molecule has 1 aromatic heterocycles. The van der Waals surface area contributed by atoms with Crippen molar-refractivity contribution in [2.24, 2.45) is 7.05 Å². The largest absolute Gasteiger partial charge is 0.355 e. The first-order valence-electron chi connectivity index (χ1n) is 7.28. The van der Waals surface area contributed by atoms with E-state index in [1.807, 2.05) is 31.6 Å². The molecule has 1 aliphatic rings. The van der Waals surface area contributed by atoms with Crippen LogP contribution in [-0.2, 0) is 24.8 Å². The molecular formula is C16H20N4O. The van der Waals surface area contributed by atoms with Gasteiger partial charge in [-0.05, 0) is 23.1 Å². The molecule has 5 heteroatoms. The highest BCUT2D eigenvalue weighted by atomic mass is 16.1. The zero-order valence-electron chi connectivity index (χ0n) is 12.2. The SMILES string of the molecule is Cn1cc(CCNC(=O)C2CNCc3ccccc32)cn1. The quantitative estimate of drug-likeness (QED) is 0.879. The summed E-state index contributed by atoms with van der Waals surface area (Å²) in [5, 5.41) is 10.5. The predicted molar refractivity (Wildman–Crippen MR) is 80.8 cm³/mol. The van der Waals surface area contributed by atoms with Crippen LogP contribution in [0.1, 0.15) is 22.6 Å². The molecule has 1 atom stereocenters. The van der Waals surface area contributed by atoms with Crippen LogP contribution < -0.4 is 10.6 Å². The van der Waals surface area contributed by atoms with Crippen molar-refractivity contribution in [2.75, 3.05) is 13.1 Å². The van der Waals surface area contributed by atoms with E-state index in [2.05, 4.69) is 27.9 Å². The van der Waals surface area contributed by atoms with E-state index in [9.17, 15) is 4.79 Å². The summed E-state index contributed by atoms with van der Waals surface area (Å²) in [6.45, 7) is 2.19. The lowest BCUT2D eigenvalue weighted by Gasteiger charge is -2.25. The Morgan fingerprint density at radius 2 is 2.33 bits per heavy atom. The number of fused-ring (bicyclic) bond motifs is 1. The van der Waals surface area contributed by atoms with Gasteiger partial charge < -0.3 is 10.6 Å². The Morgan fingerprint density at radius 3 is 3.14 bits per heavy atom. The second-order valence-corrected chi connectivity index (χ2v) is 5.45. The van der Waals surface area contributed by atoms with Crippen LogP contribution in [0.2, 0.25) is 0 Å². The van der Waals surface area contributed by atoms with Gasteiger partial charge in [-0.1, -0.05) is 24.3 Å². The van der Waals surface area contributed by atoms with Crippen molar-refractivity contribution in [1.29, 1.82) is 0 Å². The normalized spacial score (nSPS) is 17.3. The number of benzene rings is 1. The maximum Gasteiger partial charge on any atom is 0.228 e. The smallest absolute Gasteiger partial charge is 0.228 e. The minimum atomic E-state index is -0.0937. The second kappa shape index (κ2) is 6.10. The minimum absolute atomic E-state index is 0.0937. The van der Waals surface area contributed by atoms with Crippen LogP contribution in [0, 0.1) is 0 Å². The number of carbonyl (C=O) groups excluding carboxylic acids is 1. The Balaban J connectivity index is 1.59. The van der Waals surface area contributed by atoms with Gasteiger partial charge in [-0.2, -0.15) is 5.10 Å². The molecule has 0 fully saturated rings. The number of nitrogens with one attached hydrogen (secondary N) is 2. The van der Waals surface area contributed by atoms with Gasteiger partial charge in [-0.25, -0.2) is 0 Å². The molecule has 0 saturated heterocycles. The van der Waals surface area contributed by atoms with Gasteiger partial charge in [0.2, 0.25) is 5.91 Å². The molecule has 2 heterocycles. The summed E-state index contributed by atoms with van der Waals surface area (Å²) in [6.07, 6.45) is 4.62. The molecule has 1 amide bonds. The van der Waals surface area contributed by atoms with Crippen molar-refractivity contribution < 1.29 is 4.79 Å². The van der Waals surface area contributed by atoms with E-state index >= 15 is 0 Å². The van der Waals surface area contributed by atoms with Gasteiger partial charge in [-0.15, -0.1) is 0 Å². The Kier molecular flexibility index (Phi) is 4.01. The molecule has 2 N–H and O–H groups in total. The van der Waals surface area contributed by atoms with Gasteiger partial charge in [0.1, 0.15) is 0 Å². The van der Waals surface area contributed by atoms with Crippen LogP contribution in [0.4, 0.5) is 0 Å². The molecule has 110 valence electrons. The van der Waals surface area contributed by atoms with Crippen LogP contribution in [0.3, 0.4) is 0 Å². The van der Waals surface area contributed by atoms with Crippen LogP contribution in [-0.4, -0.2) is 28.8 Å². The third-order valence-corrected chi connectivity index (χ3v) is 3.88. The number of amides is 1. The van der Waals surface area contributed by atoms with Gasteiger partial charge in [-0.3, -0.25) is 9.48 Å². The molecule has 1 aliphatic heterocycles. The first-order valence-corrected chi connectivity index (χ1v) is 7.28. The van der Waals surface area contributed by atoms with Gasteiger partial charge in [0, 0.05) is 32.9 Å². The van der Waals surface area contributed by atoms with Gasteiger partial charge >= 0.3 is 0 Å². The highest BCUT2D eigenvalue weighted by Crippen LogP contribution is 2.23. The molecule has 21 heavy (non-hydrogen) atoms. The van der Waals surface area contributed by atoms with Crippen LogP contribution in [0.25, 0.3) is 0 Å². The van der Waals surface area contributed by atoms with Gasteiger partial charge in [0.25, 0.3) is 0 Å². The summed E-state index contributed by atoms with van der Waals surface area (Å²) >= 11 is 0. The second-order valence-electron chi connectivity index (χ2n) is 5.45. The monoisotopic (exact) mass is 284 g/mol. The number of hydrogen-bond acceptors (Lipinski definition) is 3. The lowest BCUT2D eigenvalue weighted by atomic mass is 9.90. The fraction of sp³-hybridized carbons (Fsp3) is 0.375. The molecule has 0 spiro atoms. The Morgan fingerprint density at radius 1 is 1.48 bits per heavy atom. The van der Waals surface area contributed by atoms with E-state index < -0.39 is 0 Å². The molecule has 5 nitrogen and oxygen atoms in total. The fourth-order valence-corrected chi connectivity index (χ4v) is 2.78. The fourth-order valence-electron chi connectivity index (χ4n) is 2.78. The number of aromatic nitrogens is 2. The zero-order chi connectivity index (χ0) is 14.7. The summed E-state index contributed by atoms with van der Waals surface area (Å²) in [5.74, 6) is 0.00221. The molecule has 0 bridgehead atoms. The molecular weight excluding hydrogens is 264 g/mol. The average Bonchev–Trinajstić information content (AvgIpc) is 2.92. The maximum absolute atomic E-state index is 12.4. The third-order valence-electron chi connectivity index (χ3n) is 3.88. The van der Waals surface area contributed by atoms with Crippen molar-refractivity contribution in [3.05, 3.63) is 53.3 Å². The predicted octanol–water partition coefficient (Wildman–Crippen LogP) is 0.966. The standard InChI is InChI=1S/C16H20N4O/c1-20-11-12(8-19-20)6-7-18-16(21)15-10-17-9-13-4-2-3-5-14(13)15/h2-5,8,11,15,17H,6-7,9-10H2,1H3,(H,18,21). The summed E-state index contributed by atoms with van der Waals surface area (Å²) in [6, 6.07) is 8.15. The summed E-state index contributed by atoms with van der Waals surface area (Å²) in [5.41, 5.74) is 3.51. The highest BCUT2D eigenvalue weighted by Gasteiger charge is 2.25. The molecule has 2 aromatic rings. The Hall–Kier alpha value is -2.14. The van der Waals surface area contributed by atoms with Gasteiger partial charge in [0.15, 0.2) is 0 Å². The first kappa shape index (κ1) is 13.8. The molecule has 1 aromatic carbocycles. The van der Waals surface area contributed by atoms with Crippen molar-refractivity contribution in [3.63, 3.8) is 0 Å². The number of aryl methyl sites for hydroxylation is 1. The molecule has 1 unspecified atom stereocenters. The summed E-state index contributed by atoms with van der Waals surface area (Å²) < 4.78 is 1.78. The number of rotatable bonds is 4. The Labute approximate surface area is 124 Å². The van der Waals surface area contributed by atoms with E-state index in [1.54, 1.807) is 4.68 Å². The van der Waals surface area contributed by atoms with Crippen molar-refractivity contribution in [3.8, 4) is 0 Å². The summed E-state index contributed by atoms with van der Waals surface area (Å²) in [7, 11) is 1.90. The van der Waals surface area contributed by atoms with Crippen molar-refractivity contribution in [2.45, 2.75) is 18.9 Å². The minimum Gasteiger partial charge on any atom is -0.355 e. The van der Waals surface area contributed by atoms with Crippen molar-refractivity contribution in [1.82, 2.24) is 20.4 Å². The summed E-state index contributed by atoms with van der Waals surface area (Å²) in [4.78, 5) is 12.4. The van der Waals surface area contributed by atoms with E-state index in [1.165, 1.54) is 5.56 Å². The van der Waals surface area contributed by atoms with E-state index in [0.29, 0.717) is 13.1 Å². The third kappa shape index (κ3) is 3.13.